The topological polar surface area (TPSA) is 42.0 Å². The fourth-order valence-corrected chi connectivity index (χ4v) is 4.94. The summed E-state index contributed by atoms with van der Waals surface area (Å²) in [6.07, 6.45) is 0.816. The van der Waals surface area contributed by atoms with E-state index in [0.717, 1.165) is 23.1 Å². The van der Waals surface area contributed by atoms with Crippen molar-refractivity contribution in [3.8, 4) is 11.1 Å². The van der Waals surface area contributed by atoms with Gasteiger partial charge < -0.3 is 9.64 Å². The second-order valence-corrected chi connectivity index (χ2v) is 8.56. The van der Waals surface area contributed by atoms with Crippen LogP contribution in [0.1, 0.15) is 18.0 Å². The zero-order chi connectivity index (χ0) is 20.5. The van der Waals surface area contributed by atoms with E-state index in [4.69, 9.17) is 32.8 Å². The molecule has 2 aromatic rings. The van der Waals surface area contributed by atoms with Crippen molar-refractivity contribution in [2.75, 3.05) is 33.9 Å². The van der Waals surface area contributed by atoms with Gasteiger partial charge in [-0.15, -0.1) is 0 Å². The summed E-state index contributed by atoms with van der Waals surface area (Å²) in [7, 11) is 3.52. The van der Waals surface area contributed by atoms with Crippen LogP contribution in [0.4, 0.5) is 0 Å². The third-order valence-corrected chi connectivity index (χ3v) is 6.27. The summed E-state index contributed by atoms with van der Waals surface area (Å²) in [4.78, 5) is 20.5. The number of nitrogens with zero attached hydrogens (tertiary/aromatic N) is 2. The Balaban J connectivity index is 1.69. The van der Waals surface area contributed by atoms with Gasteiger partial charge in [0, 0.05) is 42.7 Å². The molecule has 2 aliphatic heterocycles. The number of hydrogen-bond donors (Lipinski definition) is 0. The van der Waals surface area contributed by atoms with Gasteiger partial charge in [-0.1, -0.05) is 41.4 Å². The molecule has 154 valence electrons. The van der Waals surface area contributed by atoms with E-state index in [2.05, 4.69) is 12.1 Å². The van der Waals surface area contributed by atoms with E-state index >= 15 is 0 Å². The van der Waals surface area contributed by atoms with E-state index in [1.54, 1.807) is 13.2 Å². The quantitative estimate of drug-likeness (QED) is 0.712. The molecule has 0 spiro atoms. The van der Waals surface area contributed by atoms with Crippen molar-refractivity contribution in [2.24, 2.45) is 5.92 Å². The highest BCUT2D eigenvalue weighted by Gasteiger charge is 2.44. The lowest BCUT2D eigenvalue weighted by Gasteiger charge is -2.42. The number of ether oxygens (including phenoxy) is 1. The van der Waals surface area contributed by atoms with Crippen LogP contribution in [0.5, 0.6) is 0 Å². The average Bonchev–Trinajstić information content (AvgIpc) is 3.07. The number of halogens is 2. The van der Waals surface area contributed by atoms with Gasteiger partial charge in [0.15, 0.2) is 0 Å². The van der Waals surface area contributed by atoms with Crippen molar-refractivity contribution < 1.29 is 14.4 Å². The molecule has 7 heteroatoms. The summed E-state index contributed by atoms with van der Waals surface area (Å²) >= 11 is 12.4. The van der Waals surface area contributed by atoms with E-state index in [0.29, 0.717) is 29.1 Å². The van der Waals surface area contributed by atoms with Crippen LogP contribution in [0.3, 0.4) is 0 Å². The second kappa shape index (κ2) is 8.62. The molecule has 0 N–H and O–H groups in total. The van der Waals surface area contributed by atoms with Gasteiger partial charge in [0.25, 0.3) is 0 Å². The molecule has 2 fully saturated rings. The second-order valence-electron chi connectivity index (χ2n) is 7.68. The summed E-state index contributed by atoms with van der Waals surface area (Å²) in [6.45, 7) is 1.38. The maximum Gasteiger partial charge on any atom is 0.249 e. The normalized spacial score (nSPS) is 24.6. The Bertz CT molecular complexity index is 887. The highest BCUT2D eigenvalue weighted by molar-refractivity contribution is 6.35. The number of likely N-dealkylation sites (tertiary alicyclic amines) is 1. The molecule has 5 nitrogen and oxygen atoms in total. The Labute approximate surface area is 181 Å². The zero-order valence-corrected chi connectivity index (χ0v) is 18.0. The molecule has 1 amide bonds. The molecule has 2 aromatic carbocycles. The van der Waals surface area contributed by atoms with Gasteiger partial charge >= 0.3 is 0 Å². The number of piperidine rings is 1. The molecule has 2 saturated heterocycles. The van der Waals surface area contributed by atoms with E-state index in [1.807, 2.05) is 41.3 Å². The smallest absolute Gasteiger partial charge is 0.249 e. The van der Waals surface area contributed by atoms with E-state index in [9.17, 15) is 4.79 Å². The lowest BCUT2D eigenvalue weighted by molar-refractivity contribution is -0.143. The van der Waals surface area contributed by atoms with Crippen LogP contribution in [0.15, 0.2) is 42.5 Å². The Morgan fingerprint density at radius 3 is 2.66 bits per heavy atom. The first-order valence-corrected chi connectivity index (χ1v) is 10.4. The SMILES string of the molecule is COCC(=O)N1C[C@H]2CON(C)[C@H]2C[C@H]1c1cccc(-c2cc(Cl)cc(Cl)c2)c1. The van der Waals surface area contributed by atoms with Crippen LogP contribution in [0.25, 0.3) is 11.1 Å². The van der Waals surface area contributed by atoms with Crippen LogP contribution in [-0.2, 0) is 14.4 Å². The first-order valence-electron chi connectivity index (χ1n) is 9.67. The van der Waals surface area contributed by atoms with E-state index in [-0.39, 0.29) is 24.6 Å². The highest BCUT2D eigenvalue weighted by Crippen LogP contribution is 2.40. The number of hydrogen-bond acceptors (Lipinski definition) is 4. The maximum atomic E-state index is 12.8. The summed E-state index contributed by atoms with van der Waals surface area (Å²) in [5, 5.41) is 3.14. The van der Waals surface area contributed by atoms with Crippen molar-refractivity contribution in [3.05, 3.63) is 58.1 Å². The molecular weight excluding hydrogens is 411 g/mol. The molecule has 29 heavy (non-hydrogen) atoms. The molecule has 0 radical (unpaired) electrons. The van der Waals surface area contributed by atoms with Crippen molar-refractivity contribution in [1.82, 2.24) is 9.96 Å². The Morgan fingerprint density at radius 2 is 1.93 bits per heavy atom. The first kappa shape index (κ1) is 20.6. The lowest BCUT2D eigenvalue weighted by atomic mass is 9.85. The van der Waals surface area contributed by atoms with Crippen LogP contribution in [-0.4, -0.2) is 55.8 Å². The predicted octanol–water partition coefficient (Wildman–Crippen LogP) is 4.44. The molecule has 3 atom stereocenters. The Hall–Kier alpha value is -1.63. The van der Waals surface area contributed by atoms with Crippen molar-refractivity contribution in [2.45, 2.75) is 18.5 Å². The third-order valence-electron chi connectivity index (χ3n) is 5.83. The Morgan fingerprint density at radius 1 is 1.17 bits per heavy atom. The minimum atomic E-state index is -0.0438. The minimum absolute atomic E-state index is 0.00158. The number of fused-ring (bicyclic) bond motifs is 1. The number of carbonyl (C=O) groups excluding carboxylic acids is 1. The van der Waals surface area contributed by atoms with E-state index in [1.165, 1.54) is 0 Å². The number of benzene rings is 2. The van der Waals surface area contributed by atoms with Gasteiger partial charge in [0.2, 0.25) is 5.91 Å². The average molecular weight is 435 g/mol. The predicted molar refractivity (Wildman–Crippen MR) is 114 cm³/mol. The largest absolute Gasteiger partial charge is 0.375 e. The van der Waals surface area contributed by atoms with Crippen molar-refractivity contribution >= 4 is 29.1 Å². The van der Waals surface area contributed by atoms with Gasteiger partial charge in [-0.05, 0) is 47.4 Å². The van der Waals surface area contributed by atoms with Gasteiger partial charge in [0.05, 0.1) is 12.6 Å². The number of rotatable bonds is 4. The van der Waals surface area contributed by atoms with Gasteiger partial charge in [0.1, 0.15) is 6.61 Å². The molecule has 0 unspecified atom stereocenters. The van der Waals surface area contributed by atoms with Crippen molar-refractivity contribution in [3.63, 3.8) is 0 Å². The van der Waals surface area contributed by atoms with Crippen LogP contribution >= 0.6 is 23.2 Å². The van der Waals surface area contributed by atoms with Crippen LogP contribution in [0, 0.1) is 5.92 Å². The fourth-order valence-electron chi connectivity index (χ4n) is 4.41. The first-order chi connectivity index (χ1) is 14.0. The molecule has 0 bridgehead atoms. The third kappa shape index (κ3) is 4.30. The summed E-state index contributed by atoms with van der Waals surface area (Å²) in [5.41, 5.74) is 3.06. The van der Waals surface area contributed by atoms with Gasteiger partial charge in [-0.3, -0.25) is 9.63 Å². The number of methoxy groups -OCH3 is 1. The fraction of sp³-hybridized carbons (Fsp3) is 0.409. The standard InChI is InChI=1S/C22H24Cl2N2O3/c1-25-20-10-21(26(22(27)13-28-2)11-17(20)12-29-25)15-5-3-4-14(6-15)16-7-18(23)9-19(24)8-16/h3-9,17,20-21H,10-13H2,1-2H3/t17-,20-,21-/m0/s1. The number of hydroxylamine groups is 2. The molecule has 0 saturated carbocycles. The van der Waals surface area contributed by atoms with Crippen molar-refractivity contribution in [1.29, 1.82) is 0 Å². The molecule has 2 heterocycles. The molecule has 2 aliphatic rings. The Kier molecular flexibility index (Phi) is 6.13. The molecule has 0 aliphatic carbocycles. The minimum Gasteiger partial charge on any atom is -0.375 e. The summed E-state index contributed by atoms with van der Waals surface area (Å²) < 4.78 is 5.13. The number of carbonyl (C=O) groups is 1. The van der Waals surface area contributed by atoms with Crippen LogP contribution in [0.2, 0.25) is 10.0 Å². The lowest BCUT2D eigenvalue weighted by Crippen LogP contribution is -2.50. The summed E-state index contributed by atoms with van der Waals surface area (Å²) in [5.74, 6) is 0.314. The zero-order valence-electron chi connectivity index (χ0n) is 16.5. The van der Waals surface area contributed by atoms with Crippen LogP contribution < -0.4 is 0 Å². The monoisotopic (exact) mass is 434 g/mol. The molecule has 4 rings (SSSR count). The summed E-state index contributed by atoms with van der Waals surface area (Å²) in [6, 6.07) is 14.0. The maximum absolute atomic E-state index is 12.8. The van der Waals surface area contributed by atoms with E-state index < -0.39 is 0 Å². The van der Waals surface area contributed by atoms with Gasteiger partial charge in [-0.25, -0.2) is 0 Å². The molecule has 0 aromatic heterocycles. The highest BCUT2D eigenvalue weighted by atomic mass is 35.5. The molecular formula is C22H24Cl2N2O3. The van der Waals surface area contributed by atoms with Gasteiger partial charge in [-0.2, -0.15) is 5.06 Å². The number of amides is 1.